The number of methoxy groups -OCH3 is 2. The maximum atomic E-state index is 12.6. The quantitative estimate of drug-likeness (QED) is 0.418. The number of hydrogen-bond acceptors (Lipinski definition) is 9. The second-order valence-corrected chi connectivity index (χ2v) is 8.32. The summed E-state index contributed by atoms with van der Waals surface area (Å²) in [6, 6.07) is 10.6. The van der Waals surface area contributed by atoms with Gasteiger partial charge in [0.15, 0.2) is 6.61 Å². The van der Waals surface area contributed by atoms with E-state index in [0.29, 0.717) is 35.8 Å². The molecule has 1 heterocycles. The number of hydrogen-bond donors (Lipinski definition) is 2. The molecule has 0 radical (unpaired) electrons. The zero-order valence-electron chi connectivity index (χ0n) is 21.3. The molecule has 3 rings (SSSR count). The molecule has 38 heavy (non-hydrogen) atoms. The minimum absolute atomic E-state index is 0.109. The van der Waals surface area contributed by atoms with Gasteiger partial charge in [0.1, 0.15) is 11.5 Å². The van der Waals surface area contributed by atoms with Crippen molar-refractivity contribution in [3.05, 3.63) is 53.6 Å². The summed E-state index contributed by atoms with van der Waals surface area (Å²) >= 11 is 0. The Morgan fingerprint density at radius 3 is 2.21 bits per heavy atom. The lowest BCUT2D eigenvalue weighted by Gasteiger charge is -2.18. The molecule has 0 spiro atoms. The maximum Gasteiger partial charge on any atom is 0.338 e. The number of esters is 2. The van der Waals surface area contributed by atoms with E-state index in [2.05, 4.69) is 10.7 Å². The molecule has 3 amide bonds. The van der Waals surface area contributed by atoms with Crippen LogP contribution in [0.4, 0.5) is 5.69 Å². The van der Waals surface area contributed by atoms with E-state index in [4.69, 9.17) is 18.9 Å². The van der Waals surface area contributed by atoms with Crippen molar-refractivity contribution in [3.63, 3.8) is 0 Å². The summed E-state index contributed by atoms with van der Waals surface area (Å²) in [5, 5.41) is 3.59. The number of hydrazine groups is 1. The first-order chi connectivity index (χ1) is 18.2. The summed E-state index contributed by atoms with van der Waals surface area (Å²) in [5.41, 5.74) is 3.41. The third-order valence-electron chi connectivity index (χ3n) is 5.50. The Hall–Kier alpha value is -4.61. The number of amides is 3. The average Bonchev–Trinajstić information content (AvgIpc) is 3.30. The number of benzene rings is 2. The lowest BCUT2D eigenvalue weighted by molar-refractivity contribution is -0.151. The Morgan fingerprint density at radius 2 is 1.61 bits per heavy atom. The van der Waals surface area contributed by atoms with Crippen LogP contribution < -0.4 is 20.2 Å². The first-order valence-electron chi connectivity index (χ1n) is 11.8. The number of carbonyl (C=O) groups excluding carboxylic acids is 5. The highest BCUT2D eigenvalue weighted by Crippen LogP contribution is 2.23. The molecule has 202 valence electrons. The van der Waals surface area contributed by atoms with Crippen molar-refractivity contribution in [1.29, 1.82) is 0 Å². The van der Waals surface area contributed by atoms with Crippen molar-refractivity contribution in [1.82, 2.24) is 10.4 Å². The van der Waals surface area contributed by atoms with Gasteiger partial charge in [0.25, 0.3) is 11.8 Å². The minimum Gasteiger partial charge on any atom is -0.497 e. The molecule has 2 N–H and O–H groups in total. The van der Waals surface area contributed by atoms with Gasteiger partial charge in [0, 0.05) is 23.7 Å². The van der Waals surface area contributed by atoms with Crippen molar-refractivity contribution in [2.45, 2.75) is 19.8 Å². The lowest BCUT2D eigenvalue weighted by atomic mass is 10.1. The van der Waals surface area contributed by atoms with Crippen LogP contribution in [0.15, 0.2) is 42.5 Å². The van der Waals surface area contributed by atoms with Gasteiger partial charge in [-0.3, -0.25) is 29.6 Å². The van der Waals surface area contributed by atoms with Gasteiger partial charge < -0.3 is 24.3 Å². The Labute approximate surface area is 219 Å². The van der Waals surface area contributed by atoms with Crippen LogP contribution in [0.3, 0.4) is 0 Å². The zero-order valence-corrected chi connectivity index (χ0v) is 21.3. The fourth-order valence-electron chi connectivity index (χ4n) is 3.52. The molecule has 0 bridgehead atoms. The van der Waals surface area contributed by atoms with E-state index in [1.807, 2.05) is 6.92 Å². The highest BCUT2D eigenvalue weighted by molar-refractivity contribution is 5.98. The highest BCUT2D eigenvalue weighted by Gasteiger charge is 2.37. The number of nitrogens with zero attached hydrogens (tertiary/aromatic N) is 1. The predicted molar refractivity (Wildman–Crippen MR) is 133 cm³/mol. The topological polar surface area (TPSA) is 150 Å². The number of anilines is 1. The van der Waals surface area contributed by atoms with E-state index in [0.717, 1.165) is 5.01 Å². The summed E-state index contributed by atoms with van der Waals surface area (Å²) in [5.74, 6) is -2.93. The molecule has 0 saturated carbocycles. The van der Waals surface area contributed by atoms with Gasteiger partial charge in [-0.05, 0) is 42.8 Å². The first kappa shape index (κ1) is 28.0. The van der Waals surface area contributed by atoms with Gasteiger partial charge in [-0.15, -0.1) is 0 Å². The van der Waals surface area contributed by atoms with E-state index in [9.17, 15) is 24.0 Å². The lowest BCUT2D eigenvalue weighted by Crippen LogP contribution is -2.43. The van der Waals surface area contributed by atoms with Crippen LogP contribution in [0.5, 0.6) is 11.5 Å². The Balaban J connectivity index is 1.47. The van der Waals surface area contributed by atoms with Crippen molar-refractivity contribution < 1.29 is 42.9 Å². The molecule has 1 fully saturated rings. The zero-order chi connectivity index (χ0) is 27.7. The summed E-state index contributed by atoms with van der Waals surface area (Å²) in [6.07, 6.45) is 0.525. The molecule has 0 unspecified atom stereocenters. The SMILES string of the molecule is CCCOC(=O)c1ccc(NC(=O)COC(=O)[C@H]2CC(=O)N(NC(=O)c3cc(OC)cc(OC)c3)C2)cc1. The molecule has 1 saturated heterocycles. The number of rotatable bonds is 11. The summed E-state index contributed by atoms with van der Waals surface area (Å²) in [7, 11) is 2.89. The van der Waals surface area contributed by atoms with Gasteiger partial charge in [-0.25, -0.2) is 4.79 Å². The van der Waals surface area contributed by atoms with E-state index in [1.54, 1.807) is 6.07 Å². The standard InChI is InChI=1S/C26H29N3O9/c1-4-9-37-25(33)16-5-7-19(8-6-16)27-22(30)15-38-26(34)18-12-23(31)29(14-18)28-24(32)17-10-20(35-2)13-21(11-17)36-3/h5-8,10-11,13,18H,4,9,12,14-15H2,1-3H3,(H,27,30)(H,28,32)/t18-/m0/s1. The van der Waals surface area contributed by atoms with Crippen molar-refractivity contribution in [3.8, 4) is 11.5 Å². The largest absolute Gasteiger partial charge is 0.497 e. The molecule has 12 nitrogen and oxygen atoms in total. The Morgan fingerprint density at radius 1 is 0.947 bits per heavy atom. The number of ether oxygens (including phenoxy) is 4. The van der Waals surface area contributed by atoms with Crippen LogP contribution in [-0.2, 0) is 23.9 Å². The minimum atomic E-state index is -0.858. The number of carbonyl (C=O) groups is 5. The monoisotopic (exact) mass is 527 g/mol. The first-order valence-corrected chi connectivity index (χ1v) is 11.8. The van der Waals surface area contributed by atoms with Crippen LogP contribution in [0, 0.1) is 5.92 Å². The molecule has 1 aliphatic rings. The van der Waals surface area contributed by atoms with E-state index < -0.39 is 42.2 Å². The fraction of sp³-hybridized carbons (Fsp3) is 0.346. The van der Waals surface area contributed by atoms with E-state index in [1.165, 1.54) is 50.6 Å². The van der Waals surface area contributed by atoms with E-state index in [-0.39, 0.29) is 18.5 Å². The maximum absolute atomic E-state index is 12.6. The van der Waals surface area contributed by atoms with Crippen LogP contribution in [0.25, 0.3) is 0 Å². The van der Waals surface area contributed by atoms with Crippen molar-refractivity contribution in [2.75, 3.05) is 39.3 Å². The van der Waals surface area contributed by atoms with Crippen LogP contribution >= 0.6 is 0 Å². The predicted octanol–water partition coefficient (Wildman–Crippen LogP) is 1.95. The second-order valence-electron chi connectivity index (χ2n) is 8.32. The van der Waals surface area contributed by atoms with Crippen LogP contribution in [0.2, 0.25) is 0 Å². The molecule has 0 aliphatic carbocycles. The Bertz CT molecular complexity index is 1170. The smallest absolute Gasteiger partial charge is 0.338 e. The molecule has 12 heteroatoms. The summed E-state index contributed by atoms with van der Waals surface area (Å²) in [6.45, 7) is 1.53. The third kappa shape index (κ3) is 7.45. The highest BCUT2D eigenvalue weighted by atomic mass is 16.5. The summed E-state index contributed by atoms with van der Waals surface area (Å²) in [4.78, 5) is 61.5. The van der Waals surface area contributed by atoms with Gasteiger partial charge in [0.05, 0.1) is 38.9 Å². The molecular formula is C26H29N3O9. The number of nitrogens with one attached hydrogen (secondary N) is 2. The molecule has 0 aromatic heterocycles. The van der Waals surface area contributed by atoms with Crippen molar-refractivity contribution in [2.24, 2.45) is 5.92 Å². The third-order valence-corrected chi connectivity index (χ3v) is 5.50. The van der Waals surface area contributed by atoms with Gasteiger partial charge in [0.2, 0.25) is 5.91 Å². The van der Waals surface area contributed by atoms with Crippen LogP contribution in [-0.4, -0.2) is 68.6 Å². The Kier molecular flexibility index (Phi) is 9.63. The average molecular weight is 528 g/mol. The molecule has 1 atom stereocenters. The molecule has 2 aromatic carbocycles. The fourth-order valence-corrected chi connectivity index (χ4v) is 3.52. The molecular weight excluding hydrogens is 498 g/mol. The molecule has 2 aromatic rings. The van der Waals surface area contributed by atoms with E-state index >= 15 is 0 Å². The second kappa shape index (κ2) is 13.1. The normalized spacial score (nSPS) is 14.4. The van der Waals surface area contributed by atoms with Crippen LogP contribution in [0.1, 0.15) is 40.5 Å². The van der Waals surface area contributed by atoms with Gasteiger partial charge in [-0.2, -0.15) is 0 Å². The summed E-state index contributed by atoms with van der Waals surface area (Å²) < 4.78 is 20.4. The van der Waals surface area contributed by atoms with Crippen molar-refractivity contribution >= 4 is 35.3 Å². The molecule has 1 aliphatic heterocycles. The van der Waals surface area contributed by atoms with Gasteiger partial charge >= 0.3 is 11.9 Å². The van der Waals surface area contributed by atoms with Gasteiger partial charge in [-0.1, -0.05) is 6.92 Å².